The van der Waals surface area contributed by atoms with Crippen LogP contribution in [0.2, 0.25) is 0 Å². The van der Waals surface area contributed by atoms with Crippen LogP contribution in [0.1, 0.15) is 5.56 Å². The molecule has 0 saturated carbocycles. The normalized spacial score (nSPS) is 20.6. The fraction of sp³-hybridized carbons (Fsp3) is 0.111. The van der Waals surface area contributed by atoms with E-state index >= 15 is 0 Å². The van der Waals surface area contributed by atoms with Crippen molar-refractivity contribution in [1.82, 2.24) is 0 Å². The molecule has 1 aliphatic heterocycles. The molecule has 56 valence electrons. The maximum absolute atomic E-state index is 5.74. The Labute approximate surface area is 70.2 Å². The van der Waals surface area contributed by atoms with Crippen LogP contribution in [0.25, 0.3) is 6.08 Å². The molecule has 0 fully saturated rings. The summed E-state index contributed by atoms with van der Waals surface area (Å²) in [7, 11) is 0. The monoisotopic (exact) mass is 166 g/mol. The Hall–Kier alpha value is -0.950. The molecule has 1 heterocycles. The Balaban J connectivity index is 2.46. The number of rotatable bonds is 0. The van der Waals surface area contributed by atoms with Gasteiger partial charge in [0.05, 0.1) is 0 Å². The molecule has 0 aromatic heterocycles. The lowest BCUT2D eigenvalue weighted by atomic mass is 10.1. The van der Waals surface area contributed by atoms with Gasteiger partial charge in [-0.05, 0) is 12.1 Å². The molecule has 0 aliphatic carbocycles. The molecule has 1 nitrogen and oxygen atoms in total. The molecular weight excluding hydrogens is 160 g/mol. The minimum absolute atomic E-state index is 0.315. The van der Waals surface area contributed by atoms with Crippen LogP contribution < -0.4 is 4.74 Å². The molecule has 0 amide bonds. The number of fused-ring (bicyclic) bond motifs is 1. The van der Waals surface area contributed by atoms with Crippen LogP contribution in [0.3, 0.4) is 0 Å². The third-order valence-corrected chi connectivity index (χ3v) is 1.82. The SMILES string of the molecule is Cl[C@H]1C=Cc2ccccc2O1. The largest absolute Gasteiger partial charge is 0.470 e. The van der Waals surface area contributed by atoms with Crippen LogP contribution in [0, 0.1) is 0 Å². The molecule has 1 atom stereocenters. The zero-order valence-corrected chi connectivity index (χ0v) is 6.58. The summed E-state index contributed by atoms with van der Waals surface area (Å²) in [5.74, 6) is 0.856. The Morgan fingerprint density at radius 3 is 3.00 bits per heavy atom. The molecule has 1 aromatic rings. The van der Waals surface area contributed by atoms with Crippen molar-refractivity contribution in [2.24, 2.45) is 0 Å². The van der Waals surface area contributed by atoms with Crippen LogP contribution in [-0.4, -0.2) is 5.56 Å². The van der Waals surface area contributed by atoms with Crippen molar-refractivity contribution in [1.29, 1.82) is 0 Å². The lowest BCUT2D eigenvalue weighted by Gasteiger charge is -2.15. The van der Waals surface area contributed by atoms with E-state index in [1.807, 2.05) is 36.4 Å². The highest BCUT2D eigenvalue weighted by Gasteiger charge is 2.09. The van der Waals surface area contributed by atoms with Gasteiger partial charge in [-0.25, -0.2) is 0 Å². The second-order valence-corrected chi connectivity index (χ2v) is 2.80. The van der Waals surface area contributed by atoms with Crippen molar-refractivity contribution in [3.63, 3.8) is 0 Å². The number of alkyl halides is 1. The van der Waals surface area contributed by atoms with Crippen molar-refractivity contribution in [3.8, 4) is 5.75 Å². The van der Waals surface area contributed by atoms with Crippen molar-refractivity contribution in [3.05, 3.63) is 35.9 Å². The summed E-state index contributed by atoms with van der Waals surface area (Å²) in [6, 6.07) is 7.81. The van der Waals surface area contributed by atoms with Crippen molar-refractivity contribution < 1.29 is 4.74 Å². The summed E-state index contributed by atoms with van der Waals surface area (Å²) in [6.45, 7) is 0. The Morgan fingerprint density at radius 1 is 1.27 bits per heavy atom. The van der Waals surface area contributed by atoms with Gasteiger partial charge >= 0.3 is 0 Å². The summed E-state index contributed by atoms with van der Waals surface area (Å²) in [6.07, 6.45) is 3.79. The Kier molecular flexibility index (Phi) is 1.59. The van der Waals surface area contributed by atoms with Gasteiger partial charge in [0.1, 0.15) is 5.75 Å². The summed E-state index contributed by atoms with van der Waals surface area (Å²) in [5.41, 5.74) is 0.772. The van der Waals surface area contributed by atoms with E-state index in [4.69, 9.17) is 16.3 Å². The topological polar surface area (TPSA) is 9.23 Å². The van der Waals surface area contributed by atoms with Gasteiger partial charge < -0.3 is 4.74 Å². The van der Waals surface area contributed by atoms with Gasteiger partial charge in [-0.2, -0.15) is 0 Å². The van der Waals surface area contributed by atoms with Gasteiger partial charge in [-0.15, -0.1) is 0 Å². The molecule has 0 unspecified atom stereocenters. The summed E-state index contributed by atoms with van der Waals surface area (Å²) in [5, 5.41) is 0. The van der Waals surface area contributed by atoms with E-state index in [9.17, 15) is 0 Å². The number of ether oxygens (including phenoxy) is 1. The van der Waals surface area contributed by atoms with E-state index in [2.05, 4.69) is 0 Å². The minimum atomic E-state index is -0.315. The van der Waals surface area contributed by atoms with Gasteiger partial charge in [0.25, 0.3) is 0 Å². The quantitative estimate of drug-likeness (QED) is 0.539. The van der Waals surface area contributed by atoms with Crippen LogP contribution in [0.4, 0.5) is 0 Å². The second-order valence-electron chi connectivity index (χ2n) is 2.37. The molecular formula is C9H7ClO. The first-order valence-corrected chi connectivity index (χ1v) is 3.88. The first-order valence-electron chi connectivity index (χ1n) is 3.44. The van der Waals surface area contributed by atoms with Gasteiger partial charge in [0.15, 0.2) is 5.56 Å². The highest BCUT2D eigenvalue weighted by Crippen LogP contribution is 2.26. The zero-order valence-electron chi connectivity index (χ0n) is 5.83. The molecule has 1 aromatic carbocycles. The fourth-order valence-electron chi connectivity index (χ4n) is 1.07. The van der Waals surface area contributed by atoms with Crippen LogP contribution >= 0.6 is 11.6 Å². The van der Waals surface area contributed by atoms with Gasteiger partial charge in [0, 0.05) is 5.56 Å². The lowest BCUT2D eigenvalue weighted by Crippen LogP contribution is -2.08. The molecule has 0 N–H and O–H groups in total. The van der Waals surface area contributed by atoms with Crippen LogP contribution in [0.15, 0.2) is 30.3 Å². The number of hydrogen-bond donors (Lipinski definition) is 0. The molecule has 0 radical (unpaired) electrons. The molecule has 2 heteroatoms. The number of halogens is 1. The van der Waals surface area contributed by atoms with Gasteiger partial charge in [-0.1, -0.05) is 35.9 Å². The highest BCUT2D eigenvalue weighted by molar-refractivity contribution is 6.21. The van der Waals surface area contributed by atoms with Gasteiger partial charge in [0.2, 0.25) is 0 Å². The molecule has 2 rings (SSSR count). The summed E-state index contributed by atoms with van der Waals surface area (Å²) in [4.78, 5) is 0. The third-order valence-electron chi connectivity index (χ3n) is 1.59. The summed E-state index contributed by atoms with van der Waals surface area (Å²) < 4.78 is 5.31. The van der Waals surface area contributed by atoms with Gasteiger partial charge in [-0.3, -0.25) is 0 Å². The molecule has 0 bridgehead atoms. The Bertz CT molecular complexity index is 293. The smallest absolute Gasteiger partial charge is 0.191 e. The van der Waals surface area contributed by atoms with Crippen molar-refractivity contribution in [2.45, 2.75) is 5.56 Å². The predicted octanol–water partition coefficient (Wildman–Crippen LogP) is 2.66. The molecule has 11 heavy (non-hydrogen) atoms. The van der Waals surface area contributed by atoms with Crippen molar-refractivity contribution in [2.75, 3.05) is 0 Å². The van der Waals surface area contributed by atoms with Crippen LogP contribution in [0.5, 0.6) is 5.75 Å². The van der Waals surface area contributed by atoms with Crippen LogP contribution in [-0.2, 0) is 0 Å². The van der Waals surface area contributed by atoms with Crippen molar-refractivity contribution >= 4 is 17.7 Å². The van der Waals surface area contributed by atoms with E-state index in [1.165, 1.54) is 0 Å². The first-order chi connectivity index (χ1) is 5.36. The minimum Gasteiger partial charge on any atom is -0.470 e. The number of para-hydroxylation sites is 1. The summed E-state index contributed by atoms with van der Waals surface area (Å²) >= 11 is 5.74. The Morgan fingerprint density at radius 2 is 2.09 bits per heavy atom. The lowest BCUT2D eigenvalue weighted by molar-refractivity contribution is 0.322. The molecule has 1 aliphatic rings. The molecule has 0 spiro atoms. The van der Waals surface area contributed by atoms with E-state index in [0.717, 1.165) is 11.3 Å². The highest BCUT2D eigenvalue weighted by atomic mass is 35.5. The average molecular weight is 167 g/mol. The first kappa shape index (κ1) is 6.74. The maximum atomic E-state index is 5.74. The average Bonchev–Trinajstić information content (AvgIpc) is 2.04. The molecule has 0 saturated heterocycles. The number of hydrogen-bond acceptors (Lipinski definition) is 1. The second kappa shape index (κ2) is 2.59. The standard InChI is InChI=1S/C9H7ClO/c10-9-6-5-7-3-1-2-4-8(7)11-9/h1-6,9H/t9-/m1/s1. The maximum Gasteiger partial charge on any atom is 0.191 e. The zero-order chi connectivity index (χ0) is 7.68. The van der Waals surface area contributed by atoms with E-state index in [0.29, 0.717) is 0 Å². The van der Waals surface area contributed by atoms with E-state index in [1.54, 1.807) is 0 Å². The number of benzene rings is 1. The van der Waals surface area contributed by atoms with E-state index < -0.39 is 0 Å². The van der Waals surface area contributed by atoms with E-state index in [-0.39, 0.29) is 5.56 Å². The third kappa shape index (κ3) is 1.24. The predicted molar refractivity (Wildman–Crippen MR) is 45.7 cm³/mol. The fourth-order valence-corrected chi connectivity index (χ4v) is 1.23.